The molecule has 1 atom stereocenters. The molecule has 1 aromatic heterocycles. The Bertz CT molecular complexity index is 506. The lowest BCUT2D eigenvalue weighted by Gasteiger charge is -2.17. The van der Waals surface area contributed by atoms with Crippen molar-refractivity contribution in [1.29, 1.82) is 0 Å². The molecule has 1 aromatic rings. The summed E-state index contributed by atoms with van der Waals surface area (Å²) in [5, 5.41) is 11.6. The van der Waals surface area contributed by atoms with Crippen molar-refractivity contribution in [1.82, 2.24) is 10.2 Å². The van der Waals surface area contributed by atoms with E-state index in [1.165, 1.54) is 11.3 Å². The first kappa shape index (κ1) is 16.1. The Hall–Kier alpha value is -1.27. The van der Waals surface area contributed by atoms with Crippen LogP contribution in [0.15, 0.2) is 12.1 Å². The summed E-state index contributed by atoms with van der Waals surface area (Å²) in [6.45, 7) is 1.96. The second kappa shape index (κ2) is 7.66. The second-order valence-corrected chi connectivity index (χ2v) is 7.02. The van der Waals surface area contributed by atoms with Gasteiger partial charge >= 0.3 is 12.0 Å². The van der Waals surface area contributed by atoms with Crippen molar-refractivity contribution in [2.24, 2.45) is 5.92 Å². The molecule has 0 bridgehead atoms. The lowest BCUT2D eigenvalue weighted by molar-refractivity contribution is -0.137. The van der Waals surface area contributed by atoms with Gasteiger partial charge in [0.1, 0.15) is 0 Å². The SMILES string of the molecule is O=C(O)CCC1CCN(C(=O)NCCc2ccc(Cl)s2)C1. The molecule has 2 rings (SSSR count). The summed E-state index contributed by atoms with van der Waals surface area (Å²) >= 11 is 7.38. The minimum absolute atomic E-state index is 0.0597. The molecule has 1 saturated heterocycles. The van der Waals surface area contributed by atoms with Crippen molar-refractivity contribution in [2.45, 2.75) is 25.7 Å². The van der Waals surface area contributed by atoms with Crippen molar-refractivity contribution in [3.05, 3.63) is 21.3 Å². The van der Waals surface area contributed by atoms with E-state index in [0.717, 1.165) is 22.1 Å². The number of halogens is 1. The summed E-state index contributed by atoms with van der Waals surface area (Å²) in [5.74, 6) is -0.463. The monoisotopic (exact) mass is 330 g/mol. The van der Waals surface area contributed by atoms with Crippen molar-refractivity contribution in [3.63, 3.8) is 0 Å². The zero-order valence-electron chi connectivity index (χ0n) is 11.7. The molecule has 7 heteroatoms. The number of rotatable bonds is 6. The Morgan fingerprint density at radius 1 is 1.48 bits per heavy atom. The van der Waals surface area contributed by atoms with E-state index in [4.69, 9.17) is 16.7 Å². The average Bonchev–Trinajstić information content (AvgIpc) is 3.05. The fourth-order valence-corrected chi connectivity index (χ4v) is 3.56. The van der Waals surface area contributed by atoms with Crippen LogP contribution in [-0.2, 0) is 11.2 Å². The van der Waals surface area contributed by atoms with Crippen LogP contribution in [0.25, 0.3) is 0 Å². The lowest BCUT2D eigenvalue weighted by Crippen LogP contribution is -2.39. The maximum Gasteiger partial charge on any atom is 0.317 e. The molecule has 1 fully saturated rings. The van der Waals surface area contributed by atoms with Crippen LogP contribution in [0.4, 0.5) is 4.79 Å². The van der Waals surface area contributed by atoms with Gasteiger partial charge in [0.05, 0.1) is 4.34 Å². The Morgan fingerprint density at radius 2 is 2.29 bits per heavy atom. The smallest absolute Gasteiger partial charge is 0.317 e. The third-order valence-corrected chi connectivity index (χ3v) is 4.91. The number of carboxylic acids is 1. The van der Waals surface area contributed by atoms with Crippen LogP contribution in [0.3, 0.4) is 0 Å². The van der Waals surface area contributed by atoms with Crippen LogP contribution in [0.1, 0.15) is 24.1 Å². The molecule has 0 radical (unpaired) electrons. The van der Waals surface area contributed by atoms with Crippen molar-refractivity contribution in [3.8, 4) is 0 Å². The number of hydrogen-bond acceptors (Lipinski definition) is 3. The minimum Gasteiger partial charge on any atom is -0.481 e. The fraction of sp³-hybridized carbons (Fsp3) is 0.571. The van der Waals surface area contributed by atoms with Gasteiger partial charge in [0.25, 0.3) is 0 Å². The summed E-state index contributed by atoms with van der Waals surface area (Å²) in [6, 6.07) is 3.77. The molecule has 2 heterocycles. The first-order valence-electron chi connectivity index (χ1n) is 7.03. The Labute approximate surface area is 132 Å². The number of aliphatic carboxylic acids is 1. The van der Waals surface area contributed by atoms with Crippen LogP contribution in [0.5, 0.6) is 0 Å². The van der Waals surface area contributed by atoms with E-state index in [1.54, 1.807) is 4.90 Å². The number of carbonyl (C=O) groups excluding carboxylic acids is 1. The third-order valence-electron chi connectivity index (χ3n) is 3.62. The quantitative estimate of drug-likeness (QED) is 0.842. The van der Waals surface area contributed by atoms with Gasteiger partial charge in [-0.1, -0.05) is 11.6 Å². The van der Waals surface area contributed by atoms with Crippen LogP contribution >= 0.6 is 22.9 Å². The normalized spacial score (nSPS) is 18.0. The first-order chi connectivity index (χ1) is 10.0. The highest BCUT2D eigenvalue weighted by Gasteiger charge is 2.26. The summed E-state index contributed by atoms with van der Waals surface area (Å²) in [5.41, 5.74) is 0. The van der Waals surface area contributed by atoms with Crippen molar-refractivity contribution < 1.29 is 14.7 Å². The second-order valence-electron chi connectivity index (χ2n) is 5.22. The summed E-state index contributed by atoms with van der Waals surface area (Å²) < 4.78 is 0.761. The molecule has 5 nitrogen and oxygen atoms in total. The number of hydrogen-bond donors (Lipinski definition) is 2. The molecule has 0 aliphatic carbocycles. The van der Waals surface area contributed by atoms with Gasteiger partial charge in [0, 0.05) is 30.9 Å². The average molecular weight is 331 g/mol. The zero-order valence-corrected chi connectivity index (χ0v) is 13.3. The minimum atomic E-state index is -0.771. The molecule has 116 valence electrons. The summed E-state index contributed by atoms with van der Waals surface area (Å²) in [6.07, 6.45) is 2.49. The van der Waals surface area contributed by atoms with Crippen molar-refractivity contribution in [2.75, 3.05) is 19.6 Å². The van der Waals surface area contributed by atoms with Crippen molar-refractivity contribution >= 4 is 34.9 Å². The van der Waals surface area contributed by atoms with Gasteiger partial charge in [-0.2, -0.15) is 0 Å². The van der Waals surface area contributed by atoms with E-state index in [-0.39, 0.29) is 12.5 Å². The number of urea groups is 1. The van der Waals surface area contributed by atoms with E-state index in [1.807, 2.05) is 12.1 Å². The number of carboxylic acid groups (broad SMARTS) is 1. The van der Waals surface area contributed by atoms with E-state index >= 15 is 0 Å². The van der Waals surface area contributed by atoms with Gasteiger partial charge < -0.3 is 15.3 Å². The Kier molecular flexibility index (Phi) is 5.87. The van der Waals surface area contributed by atoms with Gasteiger partial charge in [-0.3, -0.25) is 4.79 Å². The van der Waals surface area contributed by atoms with Gasteiger partial charge in [-0.25, -0.2) is 4.79 Å². The van der Waals surface area contributed by atoms with E-state index in [0.29, 0.717) is 32.0 Å². The highest BCUT2D eigenvalue weighted by atomic mass is 35.5. The zero-order chi connectivity index (χ0) is 15.2. The highest BCUT2D eigenvalue weighted by Crippen LogP contribution is 2.22. The fourth-order valence-electron chi connectivity index (χ4n) is 2.47. The lowest BCUT2D eigenvalue weighted by atomic mass is 10.0. The molecule has 0 saturated carbocycles. The molecule has 1 aliphatic heterocycles. The summed E-state index contributed by atoms with van der Waals surface area (Å²) in [7, 11) is 0. The molecule has 1 aliphatic rings. The van der Waals surface area contributed by atoms with Crippen LogP contribution in [0.2, 0.25) is 4.34 Å². The van der Waals surface area contributed by atoms with Crippen LogP contribution < -0.4 is 5.32 Å². The number of likely N-dealkylation sites (tertiary alicyclic amines) is 1. The van der Waals surface area contributed by atoms with Gasteiger partial charge in [-0.05, 0) is 37.3 Å². The largest absolute Gasteiger partial charge is 0.481 e. The molecule has 0 aromatic carbocycles. The Morgan fingerprint density at radius 3 is 2.95 bits per heavy atom. The number of nitrogens with zero attached hydrogens (tertiary/aromatic N) is 1. The maximum atomic E-state index is 12.0. The first-order valence-corrected chi connectivity index (χ1v) is 8.23. The van der Waals surface area contributed by atoms with Crippen LogP contribution in [-0.4, -0.2) is 41.6 Å². The molecule has 2 N–H and O–H groups in total. The maximum absolute atomic E-state index is 12.0. The van der Waals surface area contributed by atoms with Crippen LogP contribution in [0, 0.1) is 5.92 Å². The number of amides is 2. The molecule has 2 amide bonds. The number of carbonyl (C=O) groups is 2. The molecule has 21 heavy (non-hydrogen) atoms. The van der Waals surface area contributed by atoms with E-state index in [2.05, 4.69) is 5.32 Å². The van der Waals surface area contributed by atoms with Gasteiger partial charge in [-0.15, -0.1) is 11.3 Å². The Balaban J connectivity index is 1.66. The summed E-state index contributed by atoms with van der Waals surface area (Å²) in [4.78, 5) is 25.5. The van der Waals surface area contributed by atoms with Gasteiger partial charge in [0.15, 0.2) is 0 Å². The molecule has 1 unspecified atom stereocenters. The predicted octanol–water partition coefficient (Wildman–Crippen LogP) is 2.84. The predicted molar refractivity (Wildman–Crippen MR) is 83.0 cm³/mol. The standard InChI is InChI=1S/C14H19ClN2O3S/c15-12-3-2-11(21-12)5-7-16-14(20)17-8-6-10(9-17)1-4-13(18)19/h2-3,10H,1,4-9H2,(H,16,20)(H,18,19). The number of thiophene rings is 1. The third kappa shape index (κ3) is 5.21. The number of nitrogens with one attached hydrogen (secondary N) is 1. The van der Waals surface area contributed by atoms with Gasteiger partial charge in [0.2, 0.25) is 0 Å². The van der Waals surface area contributed by atoms with E-state index in [9.17, 15) is 9.59 Å². The molecular weight excluding hydrogens is 312 g/mol. The molecular formula is C14H19ClN2O3S. The van der Waals surface area contributed by atoms with E-state index < -0.39 is 5.97 Å². The highest BCUT2D eigenvalue weighted by molar-refractivity contribution is 7.16. The topological polar surface area (TPSA) is 69.6 Å². The molecule has 0 spiro atoms.